The fourth-order valence-electron chi connectivity index (χ4n) is 6.35. The van der Waals surface area contributed by atoms with Crippen LogP contribution in [-0.2, 0) is 55.4 Å². The molecule has 2 aromatic carbocycles. The van der Waals surface area contributed by atoms with E-state index >= 15 is 0 Å². The highest BCUT2D eigenvalue weighted by Gasteiger charge is 2.75. The number of halogens is 6. The van der Waals surface area contributed by atoms with Gasteiger partial charge in [0.05, 0.1) is 38.7 Å². The molecule has 2 aromatic rings. The van der Waals surface area contributed by atoms with Crippen LogP contribution in [0, 0.1) is 34.5 Å². The first-order chi connectivity index (χ1) is 21.2. The topological polar surface area (TPSA) is 161 Å². The largest absolute Gasteiger partial charge is 0.416 e. The maximum Gasteiger partial charge on any atom is 0.416 e. The Balaban J connectivity index is 1.32. The molecule has 3 aliphatic carbocycles. The highest BCUT2D eigenvalue weighted by atomic mass is 32.2. The number of nitrogens with zero attached hydrogens (tertiary/aromatic N) is 2. The number of rotatable bonds is 6. The van der Waals surface area contributed by atoms with E-state index in [0.29, 0.717) is 18.2 Å². The van der Waals surface area contributed by atoms with Gasteiger partial charge in [-0.05, 0) is 42.5 Å². The van der Waals surface area contributed by atoms with Gasteiger partial charge in [-0.25, -0.2) is 0 Å². The van der Waals surface area contributed by atoms with Gasteiger partial charge in [0, 0.05) is 15.6 Å². The maximum absolute atomic E-state index is 13.6. The zero-order chi connectivity index (χ0) is 33.7. The zero-order valence-electron chi connectivity index (χ0n) is 22.4. The first-order valence-corrected chi connectivity index (χ1v) is 15.8. The van der Waals surface area contributed by atoms with E-state index in [0.717, 1.165) is 30.4 Å². The molecule has 2 saturated heterocycles. The molecular weight excluding hydrogens is 678 g/mol. The maximum atomic E-state index is 13.6. The van der Waals surface area contributed by atoms with E-state index < -0.39 is 113 Å². The molecule has 7 unspecified atom stereocenters. The zero-order valence-corrected chi connectivity index (χ0v) is 24.0. The Bertz CT molecular complexity index is 1960. The van der Waals surface area contributed by atoms with Crippen LogP contribution < -0.4 is 0 Å². The number of allylic oxidation sites excluding steroid dienone is 1. The predicted octanol–water partition coefficient (Wildman–Crippen LogP) is 2.84. The van der Waals surface area contributed by atoms with Crippen LogP contribution in [0.2, 0.25) is 0 Å². The first kappa shape index (κ1) is 32.0. The summed E-state index contributed by atoms with van der Waals surface area (Å²) >= 11 is 0. The van der Waals surface area contributed by atoms with Gasteiger partial charge in [0.25, 0.3) is 11.8 Å². The summed E-state index contributed by atoms with van der Waals surface area (Å²) in [4.78, 5) is 51.7. The Kier molecular flexibility index (Phi) is 7.12. The normalized spacial score (nSPS) is 29.4. The molecule has 7 atom stereocenters. The third-order valence-corrected chi connectivity index (χ3v) is 10.7. The fourth-order valence-corrected chi connectivity index (χ4v) is 8.39. The van der Waals surface area contributed by atoms with E-state index in [1.165, 1.54) is 0 Å². The number of hydrogen-bond acceptors (Lipinski definition) is 10. The average molecular weight is 696 g/mol. The van der Waals surface area contributed by atoms with Gasteiger partial charge in [0.2, 0.25) is 6.04 Å². The van der Waals surface area contributed by atoms with Gasteiger partial charge in [0.1, 0.15) is 5.92 Å². The molecule has 2 heterocycles. The molecule has 2 aliphatic heterocycles. The molecule has 12 nitrogen and oxygen atoms in total. The SMILES string of the molecule is O=C1C2C=CC3C(C4C(=O)N(OS(=O)(=O)c5cccc(C(F)(F)F)c5)C(=O)C24)C1C(OS(=O)(=O)c1cccc(C(F)(F)F)c1)[N+]3=O. The van der Waals surface area contributed by atoms with Crippen LogP contribution in [0.3, 0.4) is 0 Å². The molecule has 20 heteroatoms. The fraction of sp³-hybridized carbons (Fsp3) is 0.346. The summed E-state index contributed by atoms with van der Waals surface area (Å²) in [5.41, 5.74) is -2.73. The summed E-state index contributed by atoms with van der Waals surface area (Å²) < 4.78 is 140. The number of benzene rings is 2. The van der Waals surface area contributed by atoms with Crippen molar-refractivity contribution in [2.75, 3.05) is 0 Å². The van der Waals surface area contributed by atoms with Crippen molar-refractivity contribution in [3.8, 4) is 0 Å². The van der Waals surface area contributed by atoms with E-state index in [9.17, 15) is 62.5 Å². The van der Waals surface area contributed by atoms with Crippen LogP contribution in [0.1, 0.15) is 11.1 Å². The lowest BCUT2D eigenvalue weighted by atomic mass is 9.63. The van der Waals surface area contributed by atoms with Gasteiger partial charge in [0.15, 0.2) is 5.78 Å². The molecule has 46 heavy (non-hydrogen) atoms. The van der Waals surface area contributed by atoms with Gasteiger partial charge >= 0.3 is 38.8 Å². The number of imide groups is 1. The summed E-state index contributed by atoms with van der Waals surface area (Å²) in [7, 11) is -10.4. The second-order valence-electron chi connectivity index (χ2n) is 10.8. The monoisotopic (exact) mass is 695 g/mol. The molecule has 0 radical (unpaired) electrons. The quantitative estimate of drug-likeness (QED) is 0.145. The third-order valence-electron chi connectivity index (χ3n) is 8.29. The Morgan fingerprint density at radius 3 is 1.78 bits per heavy atom. The van der Waals surface area contributed by atoms with Crippen LogP contribution >= 0.6 is 0 Å². The van der Waals surface area contributed by atoms with Gasteiger partial charge < -0.3 is 0 Å². The molecule has 0 spiro atoms. The second-order valence-corrected chi connectivity index (χ2v) is 13.9. The third kappa shape index (κ3) is 4.94. The number of ketones is 1. The number of amides is 2. The van der Waals surface area contributed by atoms with Crippen LogP contribution in [-0.4, -0.2) is 56.5 Å². The molecule has 2 amide bonds. The van der Waals surface area contributed by atoms with Crippen molar-refractivity contribution in [1.29, 1.82) is 0 Å². The van der Waals surface area contributed by atoms with Crippen LogP contribution in [0.4, 0.5) is 26.3 Å². The van der Waals surface area contributed by atoms with Crippen molar-refractivity contribution >= 4 is 37.8 Å². The number of hydrogen-bond donors (Lipinski definition) is 0. The van der Waals surface area contributed by atoms with E-state index in [2.05, 4.69) is 4.28 Å². The number of Topliss-reactive ketones (excluding diaryl/α,β-unsaturated/α-hetero) is 1. The van der Waals surface area contributed by atoms with Gasteiger partial charge in [-0.15, -0.1) is 9.35 Å². The Hall–Kier alpha value is -4.01. The smallest absolute Gasteiger partial charge is 0.298 e. The summed E-state index contributed by atoms with van der Waals surface area (Å²) in [6.07, 6.45) is -9.83. The van der Waals surface area contributed by atoms with E-state index in [1.807, 2.05) is 0 Å². The Morgan fingerprint density at radius 2 is 1.24 bits per heavy atom. The molecule has 5 aliphatic rings. The minimum Gasteiger partial charge on any atom is -0.298 e. The lowest BCUT2D eigenvalue weighted by Crippen LogP contribution is -2.49. The minimum atomic E-state index is -5.25. The van der Waals surface area contributed by atoms with Gasteiger partial charge in [-0.3, -0.25) is 14.4 Å². The second kappa shape index (κ2) is 10.2. The van der Waals surface area contributed by atoms with Crippen LogP contribution in [0.15, 0.2) is 70.5 Å². The van der Waals surface area contributed by atoms with Crippen molar-refractivity contribution < 1.29 is 70.8 Å². The van der Waals surface area contributed by atoms with Crippen molar-refractivity contribution in [3.05, 3.63) is 76.7 Å². The number of nitroso groups, excluding NO2 is 1. The van der Waals surface area contributed by atoms with E-state index in [1.54, 1.807) is 0 Å². The molecule has 0 N–H and O–H groups in total. The summed E-state index contributed by atoms with van der Waals surface area (Å²) in [6, 6.07) is 3.11. The summed E-state index contributed by atoms with van der Waals surface area (Å²) in [6.45, 7) is 0. The molecule has 4 bridgehead atoms. The van der Waals surface area contributed by atoms with Crippen molar-refractivity contribution in [1.82, 2.24) is 5.06 Å². The molecular formula is C26H17F6N2O10S2+. The van der Waals surface area contributed by atoms with Crippen molar-refractivity contribution in [3.63, 3.8) is 0 Å². The molecule has 0 aromatic heterocycles. The molecule has 244 valence electrons. The van der Waals surface area contributed by atoms with E-state index in [4.69, 9.17) is 4.18 Å². The molecule has 7 rings (SSSR count). The number of hydroxylamine groups is 2. The number of carbonyl (C=O) groups is 3. The van der Waals surface area contributed by atoms with Crippen molar-refractivity contribution in [2.24, 2.45) is 29.6 Å². The number of carbonyl (C=O) groups excluding carboxylic acids is 3. The standard InChI is InChI=1S/C26H17F6N2O10S2/c27-25(28,29)11-3-1-5-13(9-11)45(39,40)43-24-20-18-16(33(24)38)8-7-15(21(20)35)17-19(18)23(37)34(22(17)36)44-46(41,42)14-6-2-4-12(10-14)26(30,31)32/h1-10,15-20,24H/q+1. The summed E-state index contributed by atoms with van der Waals surface area (Å²) in [5, 5.41) is -0.216. The average Bonchev–Trinajstić information content (AvgIpc) is 3.21. The Morgan fingerprint density at radius 1 is 0.717 bits per heavy atom. The van der Waals surface area contributed by atoms with Crippen LogP contribution in [0.5, 0.6) is 0 Å². The lowest BCUT2D eigenvalue weighted by Gasteiger charge is -2.33. The molecule has 3 fully saturated rings. The van der Waals surface area contributed by atoms with Crippen molar-refractivity contribution in [2.45, 2.75) is 34.4 Å². The van der Waals surface area contributed by atoms with Crippen LogP contribution in [0.25, 0.3) is 0 Å². The molecule has 1 saturated carbocycles. The lowest BCUT2D eigenvalue weighted by molar-refractivity contribution is -0.624. The first-order valence-electron chi connectivity index (χ1n) is 13.0. The predicted molar refractivity (Wildman–Crippen MR) is 134 cm³/mol. The number of alkyl halides is 6. The Labute approximate surface area is 254 Å². The van der Waals surface area contributed by atoms with E-state index in [-0.39, 0.29) is 22.0 Å². The highest BCUT2D eigenvalue weighted by Crippen LogP contribution is 2.55. The summed E-state index contributed by atoms with van der Waals surface area (Å²) in [5.74, 6) is -11.7. The highest BCUT2D eigenvalue weighted by molar-refractivity contribution is 7.87. The minimum absolute atomic E-state index is 0.00808. The van der Waals surface area contributed by atoms with Gasteiger partial charge in [-0.2, -0.15) is 47.4 Å². The van der Waals surface area contributed by atoms with Gasteiger partial charge in [-0.1, -0.05) is 18.2 Å².